The van der Waals surface area contributed by atoms with E-state index in [-0.39, 0.29) is 5.78 Å². The molecule has 0 amide bonds. The molecule has 0 fully saturated rings. The lowest BCUT2D eigenvalue weighted by molar-refractivity contribution is 0.0734. The van der Waals surface area contributed by atoms with Crippen LogP contribution in [0.3, 0.4) is 0 Å². The van der Waals surface area contributed by atoms with Crippen molar-refractivity contribution in [3.05, 3.63) is 59.7 Å². The van der Waals surface area contributed by atoms with E-state index >= 15 is 0 Å². The van der Waals surface area contributed by atoms with E-state index in [0.717, 1.165) is 0 Å². The Morgan fingerprint density at radius 2 is 1.65 bits per heavy atom. The highest BCUT2D eigenvalue weighted by molar-refractivity contribution is 5.97. The zero-order valence-electron chi connectivity index (χ0n) is 13.4. The van der Waals surface area contributed by atoms with Crippen LogP contribution in [0.5, 0.6) is 11.5 Å². The molecule has 0 aliphatic carbocycles. The molecule has 0 saturated carbocycles. The molecule has 0 N–H and O–H groups in total. The maximum Gasteiger partial charge on any atom is 0.343 e. The summed E-state index contributed by atoms with van der Waals surface area (Å²) < 4.78 is 10.4. The van der Waals surface area contributed by atoms with Gasteiger partial charge in [0.05, 0.1) is 19.2 Å². The Balaban J connectivity index is 2.05. The Labute approximate surface area is 135 Å². The molecule has 5 heteroatoms. The molecule has 23 heavy (non-hydrogen) atoms. The van der Waals surface area contributed by atoms with Gasteiger partial charge in [-0.05, 0) is 56.6 Å². The maximum absolute atomic E-state index is 12.1. The number of ketones is 1. The van der Waals surface area contributed by atoms with Crippen LogP contribution in [-0.4, -0.2) is 44.4 Å². The number of methoxy groups -OCH3 is 1. The molecule has 5 nitrogen and oxygen atoms in total. The highest BCUT2D eigenvalue weighted by Crippen LogP contribution is 2.17. The lowest BCUT2D eigenvalue weighted by Gasteiger charge is -2.09. The third-order valence-electron chi connectivity index (χ3n) is 3.15. The number of nitrogens with zero attached hydrogens (tertiary/aromatic N) is 1. The van der Waals surface area contributed by atoms with Crippen LogP contribution >= 0.6 is 0 Å². The molecule has 0 spiro atoms. The van der Waals surface area contributed by atoms with Crippen molar-refractivity contribution in [1.82, 2.24) is 4.90 Å². The van der Waals surface area contributed by atoms with Gasteiger partial charge in [-0.25, -0.2) is 4.79 Å². The molecule has 0 heterocycles. The van der Waals surface area contributed by atoms with Crippen LogP contribution < -0.4 is 9.47 Å². The van der Waals surface area contributed by atoms with Gasteiger partial charge in [0.2, 0.25) is 0 Å². The lowest BCUT2D eigenvalue weighted by atomic mass is 10.1. The molecular weight excluding hydrogens is 294 g/mol. The van der Waals surface area contributed by atoms with Crippen LogP contribution in [0.1, 0.15) is 20.7 Å². The second-order valence-electron chi connectivity index (χ2n) is 5.31. The molecular formula is C18H19NO4. The summed E-state index contributed by atoms with van der Waals surface area (Å²) in [5.74, 6) is 0.514. The average Bonchev–Trinajstić information content (AvgIpc) is 2.55. The Morgan fingerprint density at radius 1 is 0.957 bits per heavy atom. The zero-order valence-corrected chi connectivity index (χ0v) is 13.4. The second-order valence-corrected chi connectivity index (χ2v) is 5.31. The SMILES string of the molecule is COc1cccc(C(=O)Oc2ccc(C(=O)CN(C)C)cc2)c1. The molecule has 120 valence electrons. The van der Waals surface area contributed by atoms with Crippen molar-refractivity contribution in [2.24, 2.45) is 0 Å². The van der Waals surface area contributed by atoms with E-state index in [1.807, 2.05) is 14.1 Å². The van der Waals surface area contributed by atoms with Gasteiger partial charge in [0.25, 0.3) is 0 Å². The first kappa shape index (κ1) is 16.7. The van der Waals surface area contributed by atoms with E-state index in [1.165, 1.54) is 7.11 Å². The van der Waals surface area contributed by atoms with Crippen molar-refractivity contribution in [1.29, 1.82) is 0 Å². The third kappa shape index (κ3) is 4.66. The molecule has 2 aromatic rings. The molecule has 0 bridgehead atoms. The summed E-state index contributed by atoms with van der Waals surface area (Å²) in [4.78, 5) is 25.8. The Morgan fingerprint density at radius 3 is 2.26 bits per heavy atom. The molecule has 2 aromatic carbocycles. The monoisotopic (exact) mass is 313 g/mol. The van der Waals surface area contributed by atoms with Crippen molar-refractivity contribution in [3.63, 3.8) is 0 Å². The fourth-order valence-electron chi connectivity index (χ4n) is 2.00. The van der Waals surface area contributed by atoms with Gasteiger partial charge in [-0.3, -0.25) is 4.79 Å². The topological polar surface area (TPSA) is 55.8 Å². The normalized spacial score (nSPS) is 10.4. The molecule has 0 radical (unpaired) electrons. The molecule has 0 unspecified atom stereocenters. The summed E-state index contributed by atoms with van der Waals surface area (Å²) in [6, 6.07) is 13.3. The number of hydrogen-bond acceptors (Lipinski definition) is 5. The van der Waals surface area contributed by atoms with E-state index in [1.54, 1.807) is 53.4 Å². The minimum Gasteiger partial charge on any atom is -0.497 e. The number of Topliss-reactive ketones (excluding diaryl/α,β-unsaturated/α-hetero) is 1. The van der Waals surface area contributed by atoms with Crippen LogP contribution in [0.25, 0.3) is 0 Å². The smallest absolute Gasteiger partial charge is 0.343 e. The third-order valence-corrected chi connectivity index (χ3v) is 3.15. The lowest BCUT2D eigenvalue weighted by Crippen LogP contribution is -2.21. The highest BCUT2D eigenvalue weighted by Gasteiger charge is 2.11. The minimum absolute atomic E-state index is 0.0145. The second kappa shape index (κ2) is 7.56. The number of benzene rings is 2. The first-order valence-corrected chi connectivity index (χ1v) is 7.14. The van der Waals surface area contributed by atoms with Crippen LogP contribution in [0, 0.1) is 0 Å². The maximum atomic E-state index is 12.1. The Bertz CT molecular complexity index is 692. The summed E-state index contributed by atoms with van der Waals surface area (Å²) >= 11 is 0. The zero-order chi connectivity index (χ0) is 16.8. The number of ether oxygens (including phenoxy) is 2. The molecule has 0 atom stereocenters. The van der Waals surface area contributed by atoms with Crippen molar-refractivity contribution in [3.8, 4) is 11.5 Å². The van der Waals surface area contributed by atoms with Gasteiger partial charge >= 0.3 is 5.97 Å². The highest BCUT2D eigenvalue weighted by atomic mass is 16.5. The van der Waals surface area contributed by atoms with Gasteiger partial charge in [0, 0.05) is 5.56 Å². The minimum atomic E-state index is -0.476. The molecule has 0 aliphatic heterocycles. The summed E-state index contributed by atoms with van der Waals surface area (Å²) in [7, 11) is 5.21. The van der Waals surface area contributed by atoms with E-state index in [2.05, 4.69) is 0 Å². The number of carbonyl (C=O) groups is 2. The first-order valence-electron chi connectivity index (χ1n) is 7.14. The standard InChI is InChI=1S/C18H19NO4/c1-19(2)12-17(20)13-7-9-15(10-8-13)23-18(21)14-5-4-6-16(11-14)22-3/h4-11H,12H2,1-3H3. The largest absolute Gasteiger partial charge is 0.497 e. The van der Waals surface area contributed by atoms with Gasteiger partial charge in [0.15, 0.2) is 5.78 Å². The van der Waals surface area contributed by atoms with E-state index in [0.29, 0.717) is 29.2 Å². The van der Waals surface area contributed by atoms with Crippen molar-refractivity contribution in [2.45, 2.75) is 0 Å². The van der Waals surface area contributed by atoms with Gasteiger partial charge < -0.3 is 14.4 Å². The van der Waals surface area contributed by atoms with Crippen molar-refractivity contribution >= 4 is 11.8 Å². The van der Waals surface area contributed by atoms with Gasteiger partial charge in [-0.15, -0.1) is 0 Å². The van der Waals surface area contributed by atoms with Gasteiger partial charge in [-0.1, -0.05) is 6.07 Å². The van der Waals surface area contributed by atoms with Gasteiger partial charge in [-0.2, -0.15) is 0 Å². The fraction of sp³-hybridized carbons (Fsp3) is 0.222. The Kier molecular flexibility index (Phi) is 5.49. The molecule has 2 rings (SSSR count). The van der Waals surface area contributed by atoms with E-state index in [4.69, 9.17) is 9.47 Å². The van der Waals surface area contributed by atoms with Crippen molar-refractivity contribution < 1.29 is 19.1 Å². The van der Waals surface area contributed by atoms with Crippen LogP contribution in [0.15, 0.2) is 48.5 Å². The van der Waals surface area contributed by atoms with E-state index in [9.17, 15) is 9.59 Å². The van der Waals surface area contributed by atoms with Crippen molar-refractivity contribution in [2.75, 3.05) is 27.7 Å². The predicted molar refractivity (Wildman–Crippen MR) is 87.3 cm³/mol. The number of likely N-dealkylation sites (N-methyl/N-ethyl adjacent to an activating group) is 1. The summed E-state index contributed by atoms with van der Waals surface area (Å²) in [5, 5.41) is 0. The summed E-state index contributed by atoms with van der Waals surface area (Å²) in [5.41, 5.74) is 0.983. The van der Waals surface area contributed by atoms with E-state index < -0.39 is 5.97 Å². The fourth-order valence-corrected chi connectivity index (χ4v) is 2.00. The van der Waals surface area contributed by atoms with Crippen LogP contribution in [-0.2, 0) is 0 Å². The number of hydrogen-bond donors (Lipinski definition) is 0. The summed E-state index contributed by atoms with van der Waals surface area (Å²) in [6.07, 6.45) is 0. The number of rotatable bonds is 6. The predicted octanol–water partition coefficient (Wildman–Crippen LogP) is 2.66. The molecule has 0 saturated heterocycles. The molecule has 0 aromatic heterocycles. The van der Waals surface area contributed by atoms with Crippen LogP contribution in [0.2, 0.25) is 0 Å². The number of esters is 1. The number of carbonyl (C=O) groups excluding carboxylic acids is 2. The Hall–Kier alpha value is -2.66. The molecule has 0 aliphatic rings. The van der Waals surface area contributed by atoms with Crippen LogP contribution in [0.4, 0.5) is 0 Å². The first-order chi connectivity index (χ1) is 11.0. The summed E-state index contributed by atoms with van der Waals surface area (Å²) in [6.45, 7) is 0.336. The van der Waals surface area contributed by atoms with Gasteiger partial charge in [0.1, 0.15) is 11.5 Å². The quantitative estimate of drug-likeness (QED) is 0.466. The average molecular weight is 313 g/mol.